The molecule has 1 atom stereocenters. The van der Waals surface area contributed by atoms with Crippen LogP contribution in [0.5, 0.6) is 0 Å². The highest BCUT2D eigenvalue weighted by Gasteiger charge is 2.35. The quantitative estimate of drug-likeness (QED) is 0.379. The van der Waals surface area contributed by atoms with Gasteiger partial charge in [0.2, 0.25) is 0 Å². The standard InChI is InChI=1S/C15H21F3O6/c1-8(2)23-12(19)6-11(14(21)24-9(3)4)10(5)13(20)22-7-15(16,17)18/h8-9,11H,5-7H2,1-4H3. The largest absolute Gasteiger partial charge is 0.463 e. The SMILES string of the molecule is C=C(C(=O)OCC(F)(F)F)C(CC(=O)OC(C)C)C(=O)OC(C)C. The highest BCUT2D eigenvalue weighted by Crippen LogP contribution is 2.21. The highest BCUT2D eigenvalue weighted by atomic mass is 19.4. The molecule has 6 nitrogen and oxygen atoms in total. The van der Waals surface area contributed by atoms with Gasteiger partial charge in [-0.05, 0) is 27.7 Å². The van der Waals surface area contributed by atoms with Gasteiger partial charge in [-0.3, -0.25) is 9.59 Å². The number of hydrogen-bond donors (Lipinski definition) is 0. The van der Waals surface area contributed by atoms with Crippen molar-refractivity contribution in [2.24, 2.45) is 5.92 Å². The van der Waals surface area contributed by atoms with Crippen LogP contribution in [0.15, 0.2) is 12.2 Å². The summed E-state index contributed by atoms with van der Waals surface area (Å²) >= 11 is 0. The fraction of sp³-hybridized carbons (Fsp3) is 0.667. The monoisotopic (exact) mass is 354 g/mol. The molecule has 0 heterocycles. The van der Waals surface area contributed by atoms with E-state index in [4.69, 9.17) is 9.47 Å². The fourth-order valence-corrected chi connectivity index (χ4v) is 1.52. The minimum Gasteiger partial charge on any atom is -0.463 e. The van der Waals surface area contributed by atoms with Crippen molar-refractivity contribution in [3.05, 3.63) is 12.2 Å². The van der Waals surface area contributed by atoms with Gasteiger partial charge < -0.3 is 14.2 Å². The van der Waals surface area contributed by atoms with Crippen molar-refractivity contribution < 1.29 is 41.8 Å². The number of alkyl halides is 3. The summed E-state index contributed by atoms with van der Waals surface area (Å²) in [5.74, 6) is -4.71. The van der Waals surface area contributed by atoms with Crippen molar-refractivity contribution in [1.29, 1.82) is 0 Å². The maximum Gasteiger partial charge on any atom is 0.422 e. The Morgan fingerprint density at radius 3 is 1.92 bits per heavy atom. The highest BCUT2D eigenvalue weighted by molar-refractivity contribution is 5.96. The average Bonchev–Trinajstić information content (AvgIpc) is 2.38. The van der Waals surface area contributed by atoms with Crippen LogP contribution in [0.3, 0.4) is 0 Å². The molecule has 0 aliphatic rings. The van der Waals surface area contributed by atoms with Gasteiger partial charge in [-0.15, -0.1) is 0 Å². The van der Waals surface area contributed by atoms with Gasteiger partial charge in [0.25, 0.3) is 0 Å². The predicted molar refractivity (Wildman–Crippen MR) is 76.7 cm³/mol. The molecule has 0 aromatic heterocycles. The molecule has 0 fully saturated rings. The maximum absolute atomic E-state index is 12.1. The van der Waals surface area contributed by atoms with E-state index >= 15 is 0 Å². The van der Waals surface area contributed by atoms with Crippen LogP contribution in [0.2, 0.25) is 0 Å². The molecule has 0 aliphatic heterocycles. The molecule has 0 N–H and O–H groups in total. The third-order valence-electron chi connectivity index (χ3n) is 2.42. The molecule has 0 aromatic rings. The van der Waals surface area contributed by atoms with Gasteiger partial charge in [-0.1, -0.05) is 6.58 Å². The van der Waals surface area contributed by atoms with Crippen LogP contribution in [-0.2, 0) is 28.6 Å². The van der Waals surface area contributed by atoms with Crippen LogP contribution >= 0.6 is 0 Å². The summed E-state index contributed by atoms with van der Waals surface area (Å²) in [6, 6.07) is 0. The molecule has 0 saturated carbocycles. The maximum atomic E-state index is 12.1. The number of ether oxygens (including phenoxy) is 3. The van der Waals surface area contributed by atoms with Gasteiger partial charge in [-0.25, -0.2) is 4.79 Å². The molecule has 0 aromatic carbocycles. The Bertz CT molecular complexity index is 482. The molecule has 24 heavy (non-hydrogen) atoms. The zero-order valence-electron chi connectivity index (χ0n) is 13.9. The minimum atomic E-state index is -4.72. The third kappa shape index (κ3) is 9.16. The average molecular weight is 354 g/mol. The van der Waals surface area contributed by atoms with Crippen LogP contribution in [0.1, 0.15) is 34.1 Å². The van der Waals surface area contributed by atoms with Crippen molar-refractivity contribution in [3.8, 4) is 0 Å². The predicted octanol–water partition coefficient (Wildman–Crippen LogP) is 2.56. The van der Waals surface area contributed by atoms with E-state index in [0.717, 1.165) is 0 Å². The van der Waals surface area contributed by atoms with Crippen molar-refractivity contribution in [1.82, 2.24) is 0 Å². The van der Waals surface area contributed by atoms with Gasteiger partial charge >= 0.3 is 24.1 Å². The summed E-state index contributed by atoms with van der Waals surface area (Å²) in [6.07, 6.45) is -6.34. The number of hydrogen-bond acceptors (Lipinski definition) is 6. The molecule has 0 radical (unpaired) electrons. The van der Waals surface area contributed by atoms with Crippen molar-refractivity contribution >= 4 is 17.9 Å². The molecule has 138 valence electrons. The second-order valence-electron chi connectivity index (χ2n) is 5.50. The lowest BCUT2D eigenvalue weighted by Crippen LogP contribution is -2.31. The number of rotatable bonds is 8. The fourth-order valence-electron chi connectivity index (χ4n) is 1.52. The zero-order chi connectivity index (χ0) is 19.1. The molecular weight excluding hydrogens is 333 g/mol. The number of carbonyl (C=O) groups is 3. The zero-order valence-corrected chi connectivity index (χ0v) is 13.9. The van der Waals surface area contributed by atoms with E-state index in [9.17, 15) is 27.6 Å². The Morgan fingerprint density at radius 1 is 1.00 bits per heavy atom. The molecule has 0 saturated heterocycles. The summed E-state index contributed by atoms with van der Waals surface area (Å²) in [7, 11) is 0. The van der Waals surface area contributed by atoms with Gasteiger partial charge in [0.05, 0.1) is 24.5 Å². The lowest BCUT2D eigenvalue weighted by Gasteiger charge is -2.19. The topological polar surface area (TPSA) is 78.9 Å². The summed E-state index contributed by atoms with van der Waals surface area (Å²) in [4.78, 5) is 35.3. The van der Waals surface area contributed by atoms with E-state index in [-0.39, 0.29) is 0 Å². The first kappa shape index (κ1) is 21.9. The summed E-state index contributed by atoms with van der Waals surface area (Å²) in [5.41, 5.74) is -0.606. The van der Waals surface area contributed by atoms with E-state index in [1.807, 2.05) is 0 Å². The van der Waals surface area contributed by atoms with Crippen molar-refractivity contribution in [2.45, 2.75) is 52.5 Å². The van der Waals surface area contributed by atoms with Gasteiger partial charge in [0.15, 0.2) is 6.61 Å². The van der Waals surface area contributed by atoms with Crippen molar-refractivity contribution in [2.75, 3.05) is 6.61 Å². The van der Waals surface area contributed by atoms with Gasteiger partial charge in [0, 0.05) is 5.57 Å². The molecule has 0 bridgehead atoms. The van der Waals surface area contributed by atoms with E-state index in [0.29, 0.717) is 0 Å². The van der Waals surface area contributed by atoms with E-state index in [1.54, 1.807) is 13.8 Å². The summed E-state index contributed by atoms with van der Waals surface area (Å²) < 4.78 is 50.1. The van der Waals surface area contributed by atoms with E-state index in [1.165, 1.54) is 13.8 Å². The Kier molecular flexibility index (Phi) is 8.49. The van der Waals surface area contributed by atoms with Crippen LogP contribution < -0.4 is 0 Å². The smallest absolute Gasteiger partial charge is 0.422 e. The van der Waals surface area contributed by atoms with Crippen molar-refractivity contribution in [3.63, 3.8) is 0 Å². The summed E-state index contributed by atoms with van der Waals surface area (Å²) in [6.45, 7) is 7.66. The Labute approximate surface area is 137 Å². The third-order valence-corrected chi connectivity index (χ3v) is 2.42. The number of esters is 3. The van der Waals surface area contributed by atoms with E-state index in [2.05, 4.69) is 11.3 Å². The Hall–Kier alpha value is -2.06. The lowest BCUT2D eigenvalue weighted by atomic mass is 9.97. The molecule has 0 rings (SSSR count). The number of carbonyl (C=O) groups excluding carboxylic acids is 3. The van der Waals surface area contributed by atoms with Crippen LogP contribution in [0, 0.1) is 5.92 Å². The van der Waals surface area contributed by atoms with Crippen LogP contribution in [0.25, 0.3) is 0 Å². The molecule has 0 spiro atoms. The Morgan fingerprint density at radius 2 is 1.50 bits per heavy atom. The Balaban J connectivity index is 5.08. The first-order valence-corrected chi connectivity index (χ1v) is 7.16. The second-order valence-corrected chi connectivity index (χ2v) is 5.50. The molecule has 0 aliphatic carbocycles. The molecule has 1 unspecified atom stereocenters. The van der Waals surface area contributed by atoms with Gasteiger partial charge in [-0.2, -0.15) is 13.2 Å². The first-order valence-electron chi connectivity index (χ1n) is 7.16. The lowest BCUT2D eigenvalue weighted by molar-refractivity contribution is -0.184. The number of halogens is 3. The molecule has 9 heteroatoms. The van der Waals surface area contributed by atoms with Crippen LogP contribution in [-0.4, -0.2) is 42.9 Å². The normalized spacial score (nSPS) is 12.7. The van der Waals surface area contributed by atoms with Gasteiger partial charge in [0.1, 0.15) is 0 Å². The molecular formula is C15H21F3O6. The van der Waals surface area contributed by atoms with E-state index < -0.39 is 60.8 Å². The first-order chi connectivity index (χ1) is 10.8. The second kappa shape index (κ2) is 9.29. The summed E-state index contributed by atoms with van der Waals surface area (Å²) in [5, 5.41) is 0. The minimum absolute atomic E-state index is 0.468. The molecule has 0 amide bonds. The van der Waals surface area contributed by atoms with Crippen LogP contribution in [0.4, 0.5) is 13.2 Å².